The minimum atomic E-state index is 0.598. The molecular formula is C12H20N2O. The molecule has 3 heteroatoms. The van der Waals surface area contributed by atoms with Gasteiger partial charge in [-0.1, -0.05) is 20.3 Å². The topological polar surface area (TPSA) is 38.1 Å². The fourth-order valence-corrected chi connectivity index (χ4v) is 2.49. The first-order valence-electron chi connectivity index (χ1n) is 5.96. The molecule has 2 rings (SSSR count). The first kappa shape index (κ1) is 10.7. The van der Waals surface area contributed by atoms with Gasteiger partial charge in [-0.3, -0.25) is 0 Å². The third kappa shape index (κ3) is 2.23. The molecule has 1 aliphatic carbocycles. The molecule has 3 nitrogen and oxygen atoms in total. The van der Waals surface area contributed by atoms with Crippen LogP contribution < -0.4 is 5.32 Å². The third-order valence-electron chi connectivity index (χ3n) is 3.41. The lowest BCUT2D eigenvalue weighted by molar-refractivity contribution is 0.408. The van der Waals surface area contributed by atoms with Crippen LogP contribution in [-0.2, 0) is 6.54 Å². The quantitative estimate of drug-likeness (QED) is 0.826. The van der Waals surface area contributed by atoms with Crippen LogP contribution in [0, 0.1) is 5.92 Å². The molecule has 1 saturated carbocycles. The first-order chi connectivity index (χ1) is 7.33. The van der Waals surface area contributed by atoms with Gasteiger partial charge in [0.15, 0.2) is 6.39 Å². The normalized spacial score (nSPS) is 26.0. The molecule has 1 aromatic rings. The highest BCUT2D eigenvalue weighted by atomic mass is 16.3. The summed E-state index contributed by atoms with van der Waals surface area (Å²) in [7, 11) is 0. The molecule has 2 unspecified atom stereocenters. The van der Waals surface area contributed by atoms with Crippen molar-refractivity contribution in [3.63, 3.8) is 0 Å². The van der Waals surface area contributed by atoms with Crippen LogP contribution in [-0.4, -0.2) is 11.5 Å². The van der Waals surface area contributed by atoms with Crippen molar-refractivity contribution in [3.05, 3.63) is 17.8 Å². The van der Waals surface area contributed by atoms with Crippen LogP contribution >= 0.6 is 0 Å². The Labute approximate surface area is 91.3 Å². The predicted octanol–water partition coefficient (Wildman–Crippen LogP) is 2.69. The van der Waals surface area contributed by atoms with E-state index in [0.29, 0.717) is 5.92 Å². The zero-order chi connectivity index (χ0) is 10.7. The van der Waals surface area contributed by atoms with Crippen molar-refractivity contribution in [1.29, 1.82) is 0 Å². The largest absolute Gasteiger partial charge is 0.448 e. The number of oxazole rings is 1. The molecular weight excluding hydrogens is 188 g/mol. The molecule has 0 radical (unpaired) electrons. The van der Waals surface area contributed by atoms with Gasteiger partial charge in [0, 0.05) is 12.5 Å². The summed E-state index contributed by atoms with van der Waals surface area (Å²) < 4.78 is 5.56. The number of hydrogen-bond donors (Lipinski definition) is 1. The molecule has 1 N–H and O–H groups in total. The van der Waals surface area contributed by atoms with Crippen molar-refractivity contribution in [2.75, 3.05) is 6.54 Å². The summed E-state index contributed by atoms with van der Waals surface area (Å²) in [5.41, 5.74) is 1.11. The van der Waals surface area contributed by atoms with Crippen molar-refractivity contribution >= 4 is 0 Å². The van der Waals surface area contributed by atoms with E-state index in [4.69, 9.17) is 4.42 Å². The van der Waals surface area contributed by atoms with Crippen LogP contribution in [0.3, 0.4) is 0 Å². The van der Waals surface area contributed by atoms with Crippen molar-refractivity contribution in [3.8, 4) is 0 Å². The number of rotatable bonds is 4. The Morgan fingerprint density at radius 1 is 1.53 bits per heavy atom. The second kappa shape index (κ2) is 4.79. The summed E-state index contributed by atoms with van der Waals surface area (Å²) in [6, 6.07) is 0. The number of hydrogen-bond acceptors (Lipinski definition) is 3. The van der Waals surface area contributed by atoms with E-state index in [1.165, 1.54) is 19.3 Å². The molecule has 0 saturated heterocycles. The van der Waals surface area contributed by atoms with E-state index in [1.54, 1.807) is 6.39 Å². The maximum Gasteiger partial charge on any atom is 0.181 e. The van der Waals surface area contributed by atoms with E-state index in [2.05, 4.69) is 24.1 Å². The van der Waals surface area contributed by atoms with Gasteiger partial charge in [-0.05, 0) is 25.3 Å². The SMILES string of the molecule is CCNCc1ncoc1C1CCCC1C. The third-order valence-corrected chi connectivity index (χ3v) is 3.41. The Hall–Kier alpha value is -0.830. The standard InChI is InChI=1S/C12H20N2O/c1-3-13-7-11-12(15-8-14-11)10-6-4-5-9(10)2/h8-10,13H,3-7H2,1-2H3. The minimum Gasteiger partial charge on any atom is -0.448 e. The maximum atomic E-state index is 5.56. The van der Waals surface area contributed by atoms with Gasteiger partial charge in [-0.2, -0.15) is 0 Å². The van der Waals surface area contributed by atoms with Crippen molar-refractivity contribution < 1.29 is 4.42 Å². The van der Waals surface area contributed by atoms with E-state index in [-0.39, 0.29) is 0 Å². The lowest BCUT2D eigenvalue weighted by atomic mass is 9.94. The highest BCUT2D eigenvalue weighted by molar-refractivity contribution is 5.15. The van der Waals surface area contributed by atoms with Crippen LogP contribution in [0.25, 0.3) is 0 Å². The number of nitrogens with one attached hydrogen (secondary N) is 1. The Bertz CT molecular complexity index is 308. The number of nitrogens with zero attached hydrogens (tertiary/aromatic N) is 1. The smallest absolute Gasteiger partial charge is 0.181 e. The van der Waals surface area contributed by atoms with E-state index in [1.807, 2.05) is 0 Å². The van der Waals surface area contributed by atoms with Crippen LogP contribution in [0.4, 0.5) is 0 Å². The fourth-order valence-electron chi connectivity index (χ4n) is 2.49. The molecule has 0 aliphatic heterocycles. The van der Waals surface area contributed by atoms with Gasteiger partial charge in [-0.15, -0.1) is 0 Å². The van der Waals surface area contributed by atoms with E-state index < -0.39 is 0 Å². The molecule has 0 bridgehead atoms. The highest BCUT2D eigenvalue weighted by Crippen LogP contribution is 2.40. The lowest BCUT2D eigenvalue weighted by Crippen LogP contribution is -2.14. The van der Waals surface area contributed by atoms with Crippen LogP contribution in [0.15, 0.2) is 10.8 Å². The summed E-state index contributed by atoms with van der Waals surface area (Å²) in [5, 5.41) is 3.31. The Balaban J connectivity index is 2.09. The summed E-state index contributed by atoms with van der Waals surface area (Å²) >= 11 is 0. The van der Waals surface area contributed by atoms with Crippen molar-refractivity contribution in [1.82, 2.24) is 10.3 Å². The monoisotopic (exact) mass is 208 g/mol. The molecule has 1 aliphatic rings. The Morgan fingerprint density at radius 2 is 2.40 bits per heavy atom. The van der Waals surface area contributed by atoms with Crippen LogP contribution in [0.1, 0.15) is 50.5 Å². The molecule has 0 spiro atoms. The van der Waals surface area contributed by atoms with Gasteiger partial charge >= 0.3 is 0 Å². The maximum absolute atomic E-state index is 5.56. The van der Waals surface area contributed by atoms with Gasteiger partial charge in [-0.25, -0.2) is 4.98 Å². The number of aromatic nitrogens is 1. The lowest BCUT2D eigenvalue weighted by Gasteiger charge is -2.13. The molecule has 2 atom stereocenters. The summed E-state index contributed by atoms with van der Waals surface area (Å²) in [6.07, 6.45) is 5.50. The van der Waals surface area contributed by atoms with Gasteiger partial charge in [0.05, 0.1) is 5.69 Å². The summed E-state index contributed by atoms with van der Waals surface area (Å²) in [4.78, 5) is 4.30. The average molecular weight is 208 g/mol. The van der Waals surface area contributed by atoms with Gasteiger partial charge in [0.1, 0.15) is 5.76 Å². The van der Waals surface area contributed by atoms with Crippen LogP contribution in [0.5, 0.6) is 0 Å². The molecule has 15 heavy (non-hydrogen) atoms. The van der Waals surface area contributed by atoms with E-state index >= 15 is 0 Å². The first-order valence-corrected chi connectivity index (χ1v) is 5.96. The van der Waals surface area contributed by atoms with Gasteiger partial charge in [0.2, 0.25) is 0 Å². The van der Waals surface area contributed by atoms with Crippen LogP contribution in [0.2, 0.25) is 0 Å². The molecule has 0 amide bonds. The van der Waals surface area contributed by atoms with Gasteiger partial charge in [0.25, 0.3) is 0 Å². The van der Waals surface area contributed by atoms with E-state index in [9.17, 15) is 0 Å². The fraction of sp³-hybridized carbons (Fsp3) is 0.750. The zero-order valence-corrected chi connectivity index (χ0v) is 9.62. The Kier molecular flexibility index (Phi) is 3.41. The molecule has 1 heterocycles. The molecule has 1 fully saturated rings. The second-order valence-corrected chi connectivity index (χ2v) is 4.46. The van der Waals surface area contributed by atoms with Gasteiger partial charge < -0.3 is 9.73 Å². The molecule has 0 aromatic carbocycles. The van der Waals surface area contributed by atoms with E-state index in [0.717, 1.165) is 30.5 Å². The molecule has 84 valence electrons. The summed E-state index contributed by atoms with van der Waals surface area (Å²) in [5.74, 6) is 2.47. The highest BCUT2D eigenvalue weighted by Gasteiger charge is 2.29. The predicted molar refractivity (Wildman–Crippen MR) is 59.6 cm³/mol. The molecule has 1 aromatic heterocycles. The summed E-state index contributed by atoms with van der Waals surface area (Å²) in [6.45, 7) is 6.24. The second-order valence-electron chi connectivity index (χ2n) is 4.46. The zero-order valence-electron chi connectivity index (χ0n) is 9.62. The minimum absolute atomic E-state index is 0.598. The van der Waals surface area contributed by atoms with Crippen molar-refractivity contribution in [2.45, 2.75) is 45.6 Å². The van der Waals surface area contributed by atoms with Crippen molar-refractivity contribution in [2.24, 2.45) is 5.92 Å². The Morgan fingerprint density at radius 3 is 3.07 bits per heavy atom. The average Bonchev–Trinajstić information content (AvgIpc) is 2.82.